The lowest BCUT2D eigenvalue weighted by Crippen LogP contribution is -2.47. The summed E-state index contributed by atoms with van der Waals surface area (Å²) in [6.07, 6.45) is -0.384. The molecular weight excluding hydrogens is 267 g/mol. The maximum Gasteiger partial charge on any atom is 0.315 e. The van der Waals surface area contributed by atoms with Crippen LogP contribution in [0.1, 0.15) is 12.0 Å². The number of rotatable bonds is 7. The average molecular weight is 284 g/mol. The summed E-state index contributed by atoms with van der Waals surface area (Å²) in [4.78, 5) is 23.2. The quantitative estimate of drug-likeness (QED) is 0.544. The number of aliphatic carboxylic acids is 1. The van der Waals surface area contributed by atoms with Crippen LogP contribution >= 0.6 is 0 Å². The van der Waals surface area contributed by atoms with Gasteiger partial charge in [-0.1, -0.05) is 12.1 Å². The number of aliphatic hydroxyl groups is 1. The molecule has 7 heteroatoms. The zero-order chi connectivity index (χ0) is 15.2. The fourth-order valence-electron chi connectivity index (χ4n) is 1.88. The van der Waals surface area contributed by atoms with Crippen LogP contribution in [0.5, 0.6) is 0 Å². The summed E-state index contributed by atoms with van der Waals surface area (Å²) in [6, 6.07) is 4.84. The highest BCUT2D eigenvalue weighted by Crippen LogP contribution is 2.28. The lowest BCUT2D eigenvalue weighted by molar-refractivity contribution is -0.146. The van der Waals surface area contributed by atoms with E-state index in [0.717, 1.165) is 12.1 Å². The Labute approximate surface area is 115 Å². The molecule has 0 bridgehead atoms. The van der Waals surface area contributed by atoms with Crippen LogP contribution in [0.15, 0.2) is 24.3 Å². The molecule has 0 spiro atoms. The maximum absolute atomic E-state index is 12.9. The summed E-state index contributed by atoms with van der Waals surface area (Å²) in [5, 5.41) is 20.4. The van der Waals surface area contributed by atoms with Crippen LogP contribution in [0.4, 0.5) is 4.39 Å². The van der Waals surface area contributed by atoms with Crippen LogP contribution in [0.2, 0.25) is 0 Å². The van der Waals surface area contributed by atoms with Crippen molar-refractivity contribution >= 4 is 11.9 Å². The van der Waals surface area contributed by atoms with E-state index in [1.54, 1.807) is 0 Å². The molecule has 1 amide bonds. The van der Waals surface area contributed by atoms with Crippen LogP contribution in [0.25, 0.3) is 0 Å². The fraction of sp³-hybridized carbons (Fsp3) is 0.385. The predicted molar refractivity (Wildman–Crippen MR) is 69.5 cm³/mol. The van der Waals surface area contributed by atoms with Gasteiger partial charge in [0, 0.05) is 19.5 Å². The smallest absolute Gasteiger partial charge is 0.315 e. The van der Waals surface area contributed by atoms with E-state index in [2.05, 4.69) is 5.32 Å². The average Bonchev–Trinajstić information content (AvgIpc) is 2.43. The molecule has 0 aliphatic carbocycles. The van der Waals surface area contributed by atoms with Gasteiger partial charge in [-0.05, 0) is 17.7 Å². The van der Waals surface area contributed by atoms with E-state index in [9.17, 15) is 19.1 Å². The molecule has 110 valence electrons. The van der Waals surface area contributed by atoms with Crippen molar-refractivity contribution in [2.45, 2.75) is 11.8 Å². The third-order valence-electron chi connectivity index (χ3n) is 3.05. The molecule has 0 aromatic heterocycles. The minimum absolute atomic E-state index is 0.0303. The topological polar surface area (TPSA) is 113 Å². The van der Waals surface area contributed by atoms with Gasteiger partial charge in [0.2, 0.25) is 5.91 Å². The van der Waals surface area contributed by atoms with E-state index >= 15 is 0 Å². The molecule has 0 heterocycles. The monoisotopic (exact) mass is 284 g/mol. The zero-order valence-electron chi connectivity index (χ0n) is 10.8. The first-order valence-corrected chi connectivity index (χ1v) is 6.03. The normalized spacial score (nSPS) is 13.6. The molecule has 5 N–H and O–H groups in total. The van der Waals surface area contributed by atoms with E-state index < -0.39 is 23.1 Å². The second-order valence-electron chi connectivity index (χ2n) is 4.35. The molecule has 1 atom stereocenters. The summed E-state index contributed by atoms with van der Waals surface area (Å²) < 4.78 is 12.9. The molecule has 0 aliphatic rings. The van der Waals surface area contributed by atoms with Crippen LogP contribution < -0.4 is 11.1 Å². The number of aliphatic hydroxyl groups excluding tert-OH is 1. The number of halogens is 1. The first-order valence-electron chi connectivity index (χ1n) is 6.03. The number of carbonyl (C=O) groups is 2. The molecule has 1 unspecified atom stereocenters. The largest absolute Gasteiger partial charge is 0.481 e. The summed E-state index contributed by atoms with van der Waals surface area (Å²) in [5.41, 5.74) is 4.19. The number of carboxylic acid groups (broad SMARTS) is 1. The maximum atomic E-state index is 12.9. The number of carbonyl (C=O) groups excluding carboxylic acids is 1. The van der Waals surface area contributed by atoms with Gasteiger partial charge >= 0.3 is 5.97 Å². The van der Waals surface area contributed by atoms with Gasteiger partial charge in [-0.2, -0.15) is 0 Å². The Balaban J connectivity index is 3.06. The Morgan fingerprint density at radius 2 is 1.90 bits per heavy atom. The second kappa shape index (κ2) is 6.97. The number of carboxylic acids is 1. The van der Waals surface area contributed by atoms with Crippen molar-refractivity contribution in [3.8, 4) is 0 Å². The number of nitrogens with one attached hydrogen (secondary N) is 1. The molecular formula is C13H17FN2O4. The van der Waals surface area contributed by atoms with E-state index in [1.807, 2.05) is 0 Å². The number of nitrogens with two attached hydrogens (primary N) is 1. The van der Waals surface area contributed by atoms with Crippen molar-refractivity contribution in [1.82, 2.24) is 5.32 Å². The van der Waals surface area contributed by atoms with Crippen molar-refractivity contribution in [3.63, 3.8) is 0 Å². The van der Waals surface area contributed by atoms with Gasteiger partial charge < -0.3 is 21.3 Å². The summed E-state index contributed by atoms with van der Waals surface area (Å²) in [6.45, 7) is -0.520. The highest BCUT2D eigenvalue weighted by Gasteiger charge is 2.41. The number of amides is 1. The highest BCUT2D eigenvalue weighted by atomic mass is 19.1. The lowest BCUT2D eigenvalue weighted by atomic mass is 9.77. The van der Waals surface area contributed by atoms with Crippen LogP contribution in [0.3, 0.4) is 0 Å². The molecule has 0 fully saturated rings. The molecule has 20 heavy (non-hydrogen) atoms. The van der Waals surface area contributed by atoms with Gasteiger partial charge in [0.05, 0.1) is 6.61 Å². The van der Waals surface area contributed by atoms with Crippen molar-refractivity contribution in [2.75, 3.05) is 19.7 Å². The third kappa shape index (κ3) is 3.52. The van der Waals surface area contributed by atoms with Crippen molar-refractivity contribution < 1.29 is 24.2 Å². The number of hydrogen-bond donors (Lipinski definition) is 4. The molecule has 1 aromatic carbocycles. The SMILES string of the molecule is NCC(CC(=O)NCCO)(C(=O)O)c1ccc(F)cc1. The van der Waals surface area contributed by atoms with Gasteiger partial charge in [0.15, 0.2) is 0 Å². The summed E-state index contributed by atoms with van der Waals surface area (Å²) >= 11 is 0. The minimum Gasteiger partial charge on any atom is -0.481 e. The van der Waals surface area contributed by atoms with Crippen LogP contribution in [-0.4, -0.2) is 41.8 Å². The summed E-state index contributed by atoms with van der Waals surface area (Å²) in [5.74, 6) is -2.31. The molecule has 1 rings (SSSR count). The number of benzene rings is 1. The van der Waals surface area contributed by atoms with E-state index in [4.69, 9.17) is 10.8 Å². The number of hydrogen-bond acceptors (Lipinski definition) is 4. The molecule has 6 nitrogen and oxygen atoms in total. The predicted octanol–water partition coefficient (Wildman–Crippen LogP) is -0.395. The van der Waals surface area contributed by atoms with Crippen molar-refractivity contribution in [1.29, 1.82) is 0 Å². The van der Waals surface area contributed by atoms with Gasteiger partial charge in [-0.3, -0.25) is 9.59 Å². The Morgan fingerprint density at radius 3 is 2.35 bits per heavy atom. The highest BCUT2D eigenvalue weighted by molar-refractivity contribution is 5.89. The molecule has 0 radical (unpaired) electrons. The third-order valence-corrected chi connectivity index (χ3v) is 3.05. The molecule has 0 saturated carbocycles. The Bertz CT molecular complexity index is 478. The summed E-state index contributed by atoms with van der Waals surface area (Å²) in [7, 11) is 0. The van der Waals surface area contributed by atoms with Crippen molar-refractivity contribution in [3.05, 3.63) is 35.6 Å². The first-order chi connectivity index (χ1) is 9.46. The molecule has 1 aromatic rings. The molecule has 0 aliphatic heterocycles. The Hall–Kier alpha value is -1.99. The Kier molecular flexibility index (Phi) is 5.60. The lowest BCUT2D eigenvalue weighted by Gasteiger charge is -2.27. The van der Waals surface area contributed by atoms with Gasteiger partial charge in [-0.25, -0.2) is 4.39 Å². The fourth-order valence-corrected chi connectivity index (χ4v) is 1.88. The zero-order valence-corrected chi connectivity index (χ0v) is 10.8. The van der Waals surface area contributed by atoms with Crippen LogP contribution in [-0.2, 0) is 15.0 Å². The van der Waals surface area contributed by atoms with Gasteiger partial charge in [0.1, 0.15) is 11.2 Å². The van der Waals surface area contributed by atoms with E-state index in [-0.39, 0.29) is 31.7 Å². The minimum atomic E-state index is -1.62. The Morgan fingerprint density at radius 1 is 1.30 bits per heavy atom. The van der Waals surface area contributed by atoms with E-state index in [1.165, 1.54) is 12.1 Å². The van der Waals surface area contributed by atoms with Gasteiger partial charge in [-0.15, -0.1) is 0 Å². The second-order valence-corrected chi connectivity index (χ2v) is 4.35. The van der Waals surface area contributed by atoms with E-state index in [0.29, 0.717) is 0 Å². The first kappa shape index (κ1) is 16.1. The molecule has 0 saturated heterocycles. The van der Waals surface area contributed by atoms with Crippen molar-refractivity contribution in [2.24, 2.45) is 5.73 Å². The van der Waals surface area contributed by atoms with Crippen LogP contribution in [0, 0.1) is 5.82 Å². The van der Waals surface area contributed by atoms with Gasteiger partial charge in [0.25, 0.3) is 0 Å². The standard InChI is InChI=1S/C13H17FN2O4/c14-10-3-1-9(2-4-10)13(8-15,12(19)20)7-11(18)16-5-6-17/h1-4,17H,5-8,15H2,(H,16,18)(H,19,20).